The molecule has 0 radical (unpaired) electrons. The van der Waals surface area contributed by atoms with Crippen molar-refractivity contribution in [2.45, 2.75) is 61.8 Å². The van der Waals surface area contributed by atoms with Crippen molar-refractivity contribution in [3.05, 3.63) is 30.3 Å². The number of esters is 1. The van der Waals surface area contributed by atoms with Gasteiger partial charge in [0.2, 0.25) is 0 Å². The topological polar surface area (TPSA) is 84.5 Å². The molecule has 0 aromatic heterocycles. The Bertz CT molecular complexity index is 602. The number of ether oxygens (including phenoxy) is 1. The van der Waals surface area contributed by atoms with E-state index < -0.39 is 29.3 Å². The monoisotopic (exact) mass is 364 g/mol. The summed E-state index contributed by atoms with van der Waals surface area (Å²) in [5.41, 5.74) is 0. The summed E-state index contributed by atoms with van der Waals surface area (Å²) in [6.45, 7) is 3.17. The number of carbonyl (C=O) groups is 3. The standard InChI is InChI=1S/C18H24N2O4S/c1-12(16(21)20-18(23)19-14-8-6-7-9-14)24-17(22)13(2)25-15-10-4-3-5-11-15/h3-5,10-14H,6-9H2,1-2H3,(H2,19,20,21,23)/t12-,13-/m0/s1. The van der Waals surface area contributed by atoms with Crippen LogP contribution in [0.4, 0.5) is 4.79 Å². The van der Waals surface area contributed by atoms with Crippen LogP contribution in [0.15, 0.2) is 35.2 Å². The van der Waals surface area contributed by atoms with Crippen molar-refractivity contribution in [2.75, 3.05) is 0 Å². The Morgan fingerprint density at radius 2 is 1.76 bits per heavy atom. The van der Waals surface area contributed by atoms with E-state index in [2.05, 4.69) is 10.6 Å². The van der Waals surface area contributed by atoms with Crippen LogP contribution in [-0.4, -0.2) is 35.3 Å². The lowest BCUT2D eigenvalue weighted by Crippen LogP contribution is -2.47. The van der Waals surface area contributed by atoms with E-state index in [0.717, 1.165) is 30.6 Å². The van der Waals surface area contributed by atoms with E-state index in [1.54, 1.807) is 6.92 Å². The van der Waals surface area contributed by atoms with Gasteiger partial charge in [0.05, 0.1) is 0 Å². The highest BCUT2D eigenvalue weighted by atomic mass is 32.2. The van der Waals surface area contributed by atoms with Crippen LogP contribution in [0.5, 0.6) is 0 Å². The van der Waals surface area contributed by atoms with Crippen LogP contribution in [0, 0.1) is 0 Å². The van der Waals surface area contributed by atoms with Crippen molar-refractivity contribution >= 4 is 29.7 Å². The molecule has 1 aliphatic rings. The van der Waals surface area contributed by atoms with Crippen LogP contribution < -0.4 is 10.6 Å². The Kier molecular flexibility index (Phi) is 7.31. The highest BCUT2D eigenvalue weighted by Gasteiger charge is 2.25. The van der Waals surface area contributed by atoms with Gasteiger partial charge < -0.3 is 10.1 Å². The third-order valence-corrected chi connectivity index (χ3v) is 5.07. The van der Waals surface area contributed by atoms with Crippen LogP contribution in [0.25, 0.3) is 0 Å². The van der Waals surface area contributed by atoms with Gasteiger partial charge >= 0.3 is 12.0 Å². The molecule has 1 saturated carbocycles. The molecule has 25 heavy (non-hydrogen) atoms. The van der Waals surface area contributed by atoms with Gasteiger partial charge in [-0.2, -0.15) is 0 Å². The maximum Gasteiger partial charge on any atom is 0.321 e. The number of benzene rings is 1. The van der Waals surface area contributed by atoms with Gasteiger partial charge in [0.25, 0.3) is 5.91 Å². The molecule has 1 aromatic carbocycles. The van der Waals surface area contributed by atoms with Gasteiger partial charge in [-0.3, -0.25) is 14.9 Å². The largest absolute Gasteiger partial charge is 0.452 e. The molecule has 1 aliphatic carbocycles. The average Bonchev–Trinajstić information content (AvgIpc) is 3.08. The second kappa shape index (κ2) is 9.46. The summed E-state index contributed by atoms with van der Waals surface area (Å²) in [4.78, 5) is 36.8. The zero-order valence-electron chi connectivity index (χ0n) is 14.5. The summed E-state index contributed by atoms with van der Waals surface area (Å²) in [7, 11) is 0. The molecule has 2 atom stereocenters. The Balaban J connectivity index is 1.75. The third-order valence-electron chi connectivity index (χ3n) is 3.98. The molecule has 1 aromatic rings. The molecule has 0 aliphatic heterocycles. The van der Waals surface area contributed by atoms with Crippen molar-refractivity contribution in [2.24, 2.45) is 0 Å². The molecule has 3 amide bonds. The first-order valence-electron chi connectivity index (χ1n) is 8.49. The van der Waals surface area contributed by atoms with E-state index in [0.29, 0.717) is 0 Å². The molecule has 0 heterocycles. The molecular weight excluding hydrogens is 340 g/mol. The molecule has 0 bridgehead atoms. The summed E-state index contributed by atoms with van der Waals surface area (Å²) >= 11 is 1.36. The van der Waals surface area contributed by atoms with Gasteiger partial charge in [-0.15, -0.1) is 11.8 Å². The van der Waals surface area contributed by atoms with Crippen LogP contribution in [-0.2, 0) is 14.3 Å². The summed E-state index contributed by atoms with van der Waals surface area (Å²) in [5, 5.41) is 4.53. The fraction of sp³-hybridized carbons (Fsp3) is 0.500. The lowest BCUT2D eigenvalue weighted by molar-refractivity contribution is -0.153. The third kappa shape index (κ3) is 6.42. The molecule has 7 heteroatoms. The maximum atomic E-state index is 12.1. The van der Waals surface area contributed by atoms with Gasteiger partial charge in [-0.1, -0.05) is 31.0 Å². The van der Waals surface area contributed by atoms with Gasteiger partial charge in [-0.25, -0.2) is 4.79 Å². The molecule has 0 saturated heterocycles. The van der Waals surface area contributed by atoms with E-state index >= 15 is 0 Å². The highest BCUT2D eigenvalue weighted by Crippen LogP contribution is 2.23. The summed E-state index contributed by atoms with van der Waals surface area (Å²) in [5.74, 6) is -1.12. The predicted octanol–water partition coefficient (Wildman–Crippen LogP) is 2.87. The number of hydrogen-bond donors (Lipinski definition) is 2. The predicted molar refractivity (Wildman–Crippen MR) is 96.2 cm³/mol. The summed E-state index contributed by atoms with van der Waals surface area (Å²) in [6, 6.07) is 9.06. The second-order valence-corrected chi connectivity index (χ2v) is 7.51. The van der Waals surface area contributed by atoms with E-state index in [1.807, 2.05) is 30.3 Å². The number of urea groups is 1. The normalized spacial score (nSPS) is 16.7. The smallest absolute Gasteiger partial charge is 0.321 e. The number of thioether (sulfide) groups is 1. The van der Waals surface area contributed by atoms with Gasteiger partial charge in [0, 0.05) is 10.9 Å². The molecule has 2 N–H and O–H groups in total. The minimum Gasteiger partial charge on any atom is -0.452 e. The lowest BCUT2D eigenvalue weighted by atomic mass is 10.2. The minimum atomic E-state index is -1.03. The van der Waals surface area contributed by atoms with E-state index in [4.69, 9.17) is 4.74 Å². The summed E-state index contributed by atoms with van der Waals surface area (Å²) in [6.07, 6.45) is 3.01. The van der Waals surface area contributed by atoms with Gasteiger partial charge in [0.15, 0.2) is 6.10 Å². The van der Waals surface area contributed by atoms with Crippen molar-refractivity contribution in [1.82, 2.24) is 10.6 Å². The molecular formula is C18H24N2O4S. The van der Waals surface area contributed by atoms with E-state index in [1.165, 1.54) is 18.7 Å². The number of amides is 3. The first-order valence-corrected chi connectivity index (χ1v) is 9.37. The van der Waals surface area contributed by atoms with Crippen LogP contribution >= 0.6 is 11.8 Å². The summed E-state index contributed by atoms with van der Waals surface area (Å²) < 4.78 is 5.17. The van der Waals surface area contributed by atoms with Crippen molar-refractivity contribution in [3.8, 4) is 0 Å². The number of imide groups is 1. The quantitative estimate of drug-likeness (QED) is 0.599. The van der Waals surface area contributed by atoms with E-state index in [9.17, 15) is 14.4 Å². The number of carbonyl (C=O) groups excluding carboxylic acids is 3. The molecule has 2 rings (SSSR count). The highest BCUT2D eigenvalue weighted by molar-refractivity contribution is 8.00. The van der Waals surface area contributed by atoms with Crippen LogP contribution in [0.1, 0.15) is 39.5 Å². The molecule has 136 valence electrons. The van der Waals surface area contributed by atoms with E-state index in [-0.39, 0.29) is 6.04 Å². The zero-order chi connectivity index (χ0) is 18.2. The Morgan fingerprint density at radius 3 is 2.40 bits per heavy atom. The Labute approximate surface area is 152 Å². The lowest BCUT2D eigenvalue weighted by Gasteiger charge is -2.17. The molecule has 0 unspecified atom stereocenters. The number of nitrogens with one attached hydrogen (secondary N) is 2. The number of hydrogen-bond acceptors (Lipinski definition) is 5. The van der Waals surface area contributed by atoms with Crippen LogP contribution in [0.3, 0.4) is 0 Å². The number of rotatable bonds is 6. The zero-order valence-corrected chi connectivity index (χ0v) is 15.3. The fourth-order valence-electron chi connectivity index (χ4n) is 2.58. The SMILES string of the molecule is C[C@H](OC(=O)[C@H](C)Sc1ccccc1)C(=O)NC(=O)NC1CCCC1. The van der Waals surface area contributed by atoms with Crippen molar-refractivity contribution in [1.29, 1.82) is 0 Å². The molecule has 0 spiro atoms. The minimum absolute atomic E-state index is 0.118. The Morgan fingerprint density at radius 1 is 1.12 bits per heavy atom. The van der Waals surface area contributed by atoms with Crippen molar-refractivity contribution < 1.29 is 19.1 Å². The van der Waals surface area contributed by atoms with Gasteiger partial charge in [-0.05, 0) is 38.8 Å². The molecule has 6 nitrogen and oxygen atoms in total. The Hall–Kier alpha value is -2.02. The second-order valence-electron chi connectivity index (χ2n) is 6.10. The molecule has 1 fully saturated rings. The van der Waals surface area contributed by atoms with Gasteiger partial charge in [0.1, 0.15) is 5.25 Å². The average molecular weight is 364 g/mol. The fourth-order valence-corrected chi connectivity index (χ4v) is 3.45. The first-order chi connectivity index (χ1) is 12.0. The van der Waals surface area contributed by atoms with Crippen molar-refractivity contribution in [3.63, 3.8) is 0 Å². The maximum absolute atomic E-state index is 12.1. The van der Waals surface area contributed by atoms with Crippen LogP contribution in [0.2, 0.25) is 0 Å². The first kappa shape index (κ1) is 19.3.